The lowest BCUT2D eigenvalue weighted by Gasteiger charge is -2.43. The summed E-state index contributed by atoms with van der Waals surface area (Å²) in [7, 11) is 1.75. The van der Waals surface area contributed by atoms with E-state index in [4.69, 9.17) is 11.6 Å². The zero-order valence-corrected chi connectivity index (χ0v) is 23.1. The summed E-state index contributed by atoms with van der Waals surface area (Å²) in [5, 5.41) is 20.3. The number of benzene rings is 1. The maximum absolute atomic E-state index is 15.7. The zero-order valence-electron chi connectivity index (χ0n) is 22.4. The molecule has 3 N–H and O–H groups in total. The molecule has 0 unspecified atom stereocenters. The molecule has 0 radical (unpaired) electrons. The lowest BCUT2D eigenvalue weighted by molar-refractivity contribution is -0.153. The summed E-state index contributed by atoms with van der Waals surface area (Å²) in [6.07, 6.45) is 3.98. The summed E-state index contributed by atoms with van der Waals surface area (Å²) in [6, 6.07) is 8.01. The Kier molecular flexibility index (Phi) is 7.61. The molecule has 0 amide bonds. The Labute approximate surface area is 235 Å². The molecule has 0 aliphatic carbocycles. The van der Waals surface area contributed by atoms with Gasteiger partial charge in [0.25, 0.3) is 0 Å². The van der Waals surface area contributed by atoms with Gasteiger partial charge in [-0.1, -0.05) is 23.7 Å². The molecule has 5 rings (SSSR count). The highest BCUT2D eigenvalue weighted by atomic mass is 35.5. The summed E-state index contributed by atoms with van der Waals surface area (Å²) >= 11 is 5.96. The Morgan fingerprint density at radius 1 is 1.30 bits per heavy atom. The Bertz CT molecular complexity index is 1560. The first-order valence-electron chi connectivity index (χ1n) is 12.9. The van der Waals surface area contributed by atoms with Crippen LogP contribution in [0.15, 0.2) is 42.7 Å². The first kappa shape index (κ1) is 27.7. The van der Waals surface area contributed by atoms with Gasteiger partial charge in [-0.25, -0.2) is 18.7 Å². The predicted octanol–water partition coefficient (Wildman–Crippen LogP) is 5.49. The number of hydrogen-bond donors (Lipinski definition) is 3. The summed E-state index contributed by atoms with van der Waals surface area (Å²) in [5.74, 6) is -1.32. The van der Waals surface area contributed by atoms with Crippen molar-refractivity contribution in [2.24, 2.45) is 12.5 Å². The average molecular weight is 570 g/mol. The third-order valence-corrected chi connectivity index (χ3v) is 7.88. The summed E-state index contributed by atoms with van der Waals surface area (Å²) in [5.41, 5.74) is 0.720. The number of aryl methyl sites for hydroxylation is 2. The number of hydrogen-bond acceptors (Lipinski definition) is 6. The van der Waals surface area contributed by atoms with Crippen molar-refractivity contribution in [1.82, 2.24) is 29.6 Å². The SMILES string of the molecule is Cc1cc(Nc2nc(C[C@@]3(C(=O)O)CCN(Cc4cccc(Cl)c4F)[C@H](C)C3)cc(-c3nccn3C)c2F)n[nH]1. The molecule has 9 nitrogen and oxygen atoms in total. The second kappa shape index (κ2) is 11.0. The van der Waals surface area contributed by atoms with E-state index in [9.17, 15) is 14.3 Å². The van der Waals surface area contributed by atoms with E-state index in [0.29, 0.717) is 48.8 Å². The van der Waals surface area contributed by atoms with E-state index in [2.05, 4.69) is 30.4 Å². The van der Waals surface area contributed by atoms with Crippen LogP contribution in [0.4, 0.5) is 20.4 Å². The van der Waals surface area contributed by atoms with Crippen molar-refractivity contribution in [3.05, 3.63) is 76.3 Å². The second-order valence-corrected chi connectivity index (χ2v) is 10.9. The van der Waals surface area contributed by atoms with E-state index < -0.39 is 23.0 Å². The molecular formula is C28H30ClF2N7O2. The number of imidazole rings is 1. The first-order chi connectivity index (χ1) is 19.1. The van der Waals surface area contributed by atoms with Gasteiger partial charge in [0, 0.05) is 61.5 Å². The number of nitrogens with zero attached hydrogens (tertiary/aromatic N) is 5. The Morgan fingerprint density at radius 2 is 2.10 bits per heavy atom. The van der Waals surface area contributed by atoms with Crippen LogP contribution in [0.5, 0.6) is 0 Å². The maximum Gasteiger partial charge on any atom is 0.310 e. The predicted molar refractivity (Wildman–Crippen MR) is 147 cm³/mol. The number of rotatable bonds is 8. The number of aliphatic carboxylic acids is 1. The van der Waals surface area contributed by atoms with Gasteiger partial charge in [-0.05, 0) is 45.4 Å². The van der Waals surface area contributed by atoms with Crippen molar-refractivity contribution >= 4 is 29.2 Å². The lowest BCUT2D eigenvalue weighted by Crippen LogP contribution is -2.49. The minimum Gasteiger partial charge on any atom is -0.481 e. The Balaban J connectivity index is 1.45. The van der Waals surface area contributed by atoms with Gasteiger partial charge >= 0.3 is 5.97 Å². The number of piperidine rings is 1. The molecule has 0 bridgehead atoms. The van der Waals surface area contributed by atoms with Gasteiger partial charge in [0.15, 0.2) is 17.5 Å². The van der Waals surface area contributed by atoms with Crippen molar-refractivity contribution in [3.8, 4) is 11.4 Å². The van der Waals surface area contributed by atoms with E-state index >= 15 is 4.39 Å². The molecule has 1 fully saturated rings. The lowest BCUT2D eigenvalue weighted by atomic mass is 9.72. The highest BCUT2D eigenvalue weighted by Crippen LogP contribution is 2.40. The average Bonchev–Trinajstić information content (AvgIpc) is 3.52. The van der Waals surface area contributed by atoms with E-state index in [0.717, 1.165) is 5.69 Å². The number of aromatic nitrogens is 5. The van der Waals surface area contributed by atoms with Crippen LogP contribution in [0.25, 0.3) is 11.4 Å². The fraction of sp³-hybridized carbons (Fsp3) is 0.357. The van der Waals surface area contributed by atoms with Crippen molar-refractivity contribution in [3.63, 3.8) is 0 Å². The number of carbonyl (C=O) groups is 1. The molecule has 0 spiro atoms. The number of carboxylic acid groups (broad SMARTS) is 1. The third kappa shape index (κ3) is 5.44. The van der Waals surface area contributed by atoms with Crippen LogP contribution in [-0.2, 0) is 24.8 Å². The van der Waals surface area contributed by atoms with Gasteiger partial charge in [0.1, 0.15) is 11.6 Å². The normalized spacial score (nSPS) is 19.6. The molecule has 4 heterocycles. The summed E-state index contributed by atoms with van der Waals surface area (Å²) < 4.78 is 32.0. The Morgan fingerprint density at radius 3 is 2.75 bits per heavy atom. The number of anilines is 2. The maximum atomic E-state index is 15.7. The summed E-state index contributed by atoms with van der Waals surface area (Å²) in [6.45, 7) is 4.51. The highest BCUT2D eigenvalue weighted by molar-refractivity contribution is 6.30. The van der Waals surface area contributed by atoms with E-state index in [1.807, 2.05) is 13.8 Å². The molecule has 1 aliphatic heterocycles. The van der Waals surface area contributed by atoms with Crippen molar-refractivity contribution in [2.45, 2.75) is 45.7 Å². The van der Waals surface area contributed by atoms with Crippen LogP contribution in [0.1, 0.15) is 36.7 Å². The number of aromatic amines is 1. The van der Waals surface area contributed by atoms with Crippen molar-refractivity contribution < 1.29 is 18.7 Å². The zero-order chi connectivity index (χ0) is 28.6. The molecule has 12 heteroatoms. The Hall–Kier alpha value is -3.83. The van der Waals surface area contributed by atoms with Gasteiger partial charge in [-0.2, -0.15) is 5.10 Å². The molecule has 3 aromatic heterocycles. The fourth-order valence-electron chi connectivity index (χ4n) is 5.42. The van der Waals surface area contributed by atoms with Crippen LogP contribution in [0.3, 0.4) is 0 Å². The van der Waals surface area contributed by atoms with Crippen LogP contribution < -0.4 is 5.32 Å². The molecule has 4 aromatic rings. The minimum absolute atomic E-state index is 0.0577. The molecule has 1 aromatic carbocycles. The molecule has 1 saturated heterocycles. The quantitative estimate of drug-likeness (QED) is 0.257. The monoisotopic (exact) mass is 569 g/mol. The molecule has 0 saturated carbocycles. The molecular weight excluding hydrogens is 540 g/mol. The van der Waals surface area contributed by atoms with Gasteiger partial charge in [0.05, 0.1) is 16.0 Å². The minimum atomic E-state index is -1.15. The number of likely N-dealkylation sites (tertiary alicyclic amines) is 1. The smallest absolute Gasteiger partial charge is 0.310 e. The van der Waals surface area contributed by atoms with Crippen LogP contribution >= 0.6 is 11.6 Å². The van der Waals surface area contributed by atoms with Gasteiger partial charge in [-0.3, -0.25) is 14.8 Å². The van der Waals surface area contributed by atoms with Crippen LogP contribution in [0.2, 0.25) is 5.02 Å². The first-order valence-corrected chi connectivity index (χ1v) is 13.3. The van der Waals surface area contributed by atoms with E-state index in [1.54, 1.807) is 48.3 Å². The second-order valence-electron chi connectivity index (χ2n) is 10.5. The summed E-state index contributed by atoms with van der Waals surface area (Å²) in [4.78, 5) is 23.6. The fourth-order valence-corrected chi connectivity index (χ4v) is 5.62. The molecule has 210 valence electrons. The number of pyridine rings is 1. The van der Waals surface area contributed by atoms with Gasteiger partial charge < -0.3 is 15.0 Å². The number of carboxylic acids is 1. The van der Waals surface area contributed by atoms with E-state index in [-0.39, 0.29) is 28.9 Å². The van der Waals surface area contributed by atoms with Gasteiger partial charge in [-0.15, -0.1) is 0 Å². The topological polar surface area (TPSA) is 112 Å². The number of H-pyrrole nitrogens is 1. The molecule has 2 atom stereocenters. The highest BCUT2D eigenvalue weighted by Gasteiger charge is 2.45. The standard InChI is InChI=1S/C28H30ClF2N7O2/c1-16-11-22(36-35-16)34-25-24(31)20(26-32-8-10-37(26)3)12-19(33-25)14-28(27(39)40)7-9-38(17(2)13-28)15-18-5-4-6-21(29)23(18)30/h4-6,8,10-12,17H,7,9,13-15H2,1-3H3,(H,39,40)(H2,33,34,35,36)/t17-,28-/m1/s1. The van der Waals surface area contributed by atoms with Crippen LogP contribution in [-0.4, -0.2) is 53.3 Å². The molecule has 1 aliphatic rings. The number of nitrogens with one attached hydrogen (secondary N) is 2. The van der Waals surface area contributed by atoms with E-state index in [1.165, 1.54) is 6.07 Å². The third-order valence-electron chi connectivity index (χ3n) is 7.59. The van der Waals surface area contributed by atoms with Crippen LogP contribution in [0, 0.1) is 24.0 Å². The van der Waals surface area contributed by atoms with Crippen molar-refractivity contribution in [2.75, 3.05) is 11.9 Å². The number of halogens is 3. The van der Waals surface area contributed by atoms with Crippen molar-refractivity contribution in [1.29, 1.82) is 0 Å². The largest absolute Gasteiger partial charge is 0.481 e. The molecule has 40 heavy (non-hydrogen) atoms. The van der Waals surface area contributed by atoms with Gasteiger partial charge in [0.2, 0.25) is 0 Å².